The van der Waals surface area contributed by atoms with E-state index in [1.807, 2.05) is 13.0 Å². The van der Waals surface area contributed by atoms with Crippen LogP contribution in [0.3, 0.4) is 0 Å². The summed E-state index contributed by atoms with van der Waals surface area (Å²) in [6.07, 6.45) is 0.478. The molecule has 0 fully saturated rings. The maximum atomic E-state index is 12.8. The minimum Gasteiger partial charge on any atom is -0.341 e. The molecule has 0 aliphatic heterocycles. The fourth-order valence-electron chi connectivity index (χ4n) is 1.27. The Labute approximate surface area is 83.3 Å². The Kier molecular flexibility index (Phi) is 3.63. The summed E-state index contributed by atoms with van der Waals surface area (Å²) >= 11 is 0. The largest absolute Gasteiger partial charge is 0.341 e. The van der Waals surface area contributed by atoms with Crippen molar-refractivity contribution in [2.75, 3.05) is 7.05 Å². The van der Waals surface area contributed by atoms with E-state index in [0.717, 1.165) is 5.56 Å². The van der Waals surface area contributed by atoms with E-state index in [0.29, 0.717) is 13.0 Å². The van der Waals surface area contributed by atoms with Gasteiger partial charge in [0, 0.05) is 20.0 Å². The highest BCUT2D eigenvalue weighted by atomic mass is 19.1. The normalized spacial score (nSPS) is 9.93. The van der Waals surface area contributed by atoms with Gasteiger partial charge in [-0.15, -0.1) is 0 Å². The van der Waals surface area contributed by atoms with E-state index < -0.39 is 0 Å². The summed E-state index contributed by atoms with van der Waals surface area (Å²) in [6, 6.07) is 6.29. The average Bonchev–Trinajstić information content (AvgIpc) is 2.16. The maximum Gasteiger partial charge on any atom is 0.222 e. The molecule has 0 saturated heterocycles. The minimum absolute atomic E-state index is 0.0641. The van der Waals surface area contributed by atoms with Crippen LogP contribution >= 0.6 is 0 Å². The first-order valence-corrected chi connectivity index (χ1v) is 4.62. The van der Waals surface area contributed by atoms with Crippen LogP contribution in [0.2, 0.25) is 0 Å². The van der Waals surface area contributed by atoms with Crippen LogP contribution in [0, 0.1) is 5.82 Å². The molecular formula is C11H14FNO. The summed E-state index contributed by atoms with van der Waals surface area (Å²) in [6.45, 7) is 2.27. The van der Waals surface area contributed by atoms with Gasteiger partial charge in [0.15, 0.2) is 0 Å². The summed E-state index contributed by atoms with van der Waals surface area (Å²) in [5.41, 5.74) is 0.814. The van der Waals surface area contributed by atoms with Gasteiger partial charge in [0.25, 0.3) is 0 Å². The smallest absolute Gasteiger partial charge is 0.222 e. The van der Waals surface area contributed by atoms with Crippen LogP contribution in [0.15, 0.2) is 24.3 Å². The van der Waals surface area contributed by atoms with Crippen molar-refractivity contribution in [2.45, 2.75) is 19.9 Å². The highest BCUT2D eigenvalue weighted by Crippen LogP contribution is 2.06. The van der Waals surface area contributed by atoms with E-state index in [2.05, 4.69) is 0 Å². The van der Waals surface area contributed by atoms with E-state index >= 15 is 0 Å². The molecule has 0 radical (unpaired) electrons. The Morgan fingerprint density at radius 1 is 1.50 bits per heavy atom. The lowest BCUT2D eigenvalue weighted by molar-refractivity contribution is -0.130. The predicted octanol–water partition coefficient (Wildman–Crippen LogP) is 2.19. The molecule has 0 atom stereocenters. The van der Waals surface area contributed by atoms with Crippen molar-refractivity contribution in [1.29, 1.82) is 0 Å². The Morgan fingerprint density at radius 3 is 2.79 bits per heavy atom. The summed E-state index contributed by atoms with van der Waals surface area (Å²) in [7, 11) is 1.72. The second kappa shape index (κ2) is 4.74. The van der Waals surface area contributed by atoms with Crippen LogP contribution in [0.25, 0.3) is 0 Å². The molecule has 1 aromatic carbocycles. The Hall–Kier alpha value is -1.38. The minimum atomic E-state index is -0.264. The van der Waals surface area contributed by atoms with E-state index in [4.69, 9.17) is 0 Å². The number of carbonyl (C=O) groups excluding carboxylic acids is 1. The molecule has 2 nitrogen and oxygen atoms in total. The topological polar surface area (TPSA) is 20.3 Å². The van der Waals surface area contributed by atoms with Gasteiger partial charge >= 0.3 is 0 Å². The lowest BCUT2D eigenvalue weighted by Crippen LogP contribution is -2.25. The first-order valence-electron chi connectivity index (χ1n) is 4.62. The standard InChI is InChI=1S/C11H14FNO/c1-3-11(14)13(2)8-9-5-4-6-10(12)7-9/h4-7H,3,8H2,1-2H3. The lowest BCUT2D eigenvalue weighted by Gasteiger charge is -2.16. The van der Waals surface area contributed by atoms with Gasteiger partial charge in [-0.3, -0.25) is 4.79 Å². The summed E-state index contributed by atoms with van der Waals surface area (Å²) in [5, 5.41) is 0. The van der Waals surface area contributed by atoms with E-state index in [-0.39, 0.29) is 11.7 Å². The fourth-order valence-corrected chi connectivity index (χ4v) is 1.27. The van der Waals surface area contributed by atoms with Crippen molar-refractivity contribution >= 4 is 5.91 Å². The molecule has 0 saturated carbocycles. The molecule has 0 aliphatic rings. The predicted molar refractivity (Wildman–Crippen MR) is 53.2 cm³/mol. The van der Waals surface area contributed by atoms with E-state index in [9.17, 15) is 9.18 Å². The van der Waals surface area contributed by atoms with Crippen LogP contribution in [0.1, 0.15) is 18.9 Å². The Balaban J connectivity index is 2.64. The molecule has 0 aliphatic carbocycles. The number of hydrogen-bond donors (Lipinski definition) is 0. The van der Waals surface area contributed by atoms with Gasteiger partial charge in [0.2, 0.25) is 5.91 Å². The van der Waals surface area contributed by atoms with Gasteiger partial charge in [-0.25, -0.2) is 4.39 Å². The van der Waals surface area contributed by atoms with Crippen molar-refractivity contribution < 1.29 is 9.18 Å². The molecule has 0 N–H and O–H groups in total. The number of benzene rings is 1. The van der Waals surface area contributed by atoms with E-state index in [1.165, 1.54) is 12.1 Å². The van der Waals surface area contributed by atoms with Crippen LogP contribution < -0.4 is 0 Å². The van der Waals surface area contributed by atoms with Gasteiger partial charge in [0.05, 0.1) is 0 Å². The van der Waals surface area contributed by atoms with Crippen molar-refractivity contribution in [1.82, 2.24) is 4.90 Å². The summed E-state index contributed by atoms with van der Waals surface area (Å²) < 4.78 is 12.8. The molecule has 0 bridgehead atoms. The zero-order valence-electron chi connectivity index (χ0n) is 8.46. The molecule has 1 rings (SSSR count). The van der Waals surface area contributed by atoms with Crippen LogP contribution in [0.4, 0.5) is 4.39 Å². The molecule has 1 aromatic rings. The highest BCUT2D eigenvalue weighted by Gasteiger charge is 2.06. The van der Waals surface area contributed by atoms with Crippen LogP contribution in [0.5, 0.6) is 0 Å². The first-order chi connectivity index (χ1) is 6.63. The van der Waals surface area contributed by atoms with Gasteiger partial charge in [-0.1, -0.05) is 19.1 Å². The monoisotopic (exact) mass is 195 g/mol. The average molecular weight is 195 g/mol. The van der Waals surface area contributed by atoms with Crippen molar-refractivity contribution in [3.8, 4) is 0 Å². The second-order valence-corrected chi connectivity index (χ2v) is 3.23. The fraction of sp³-hybridized carbons (Fsp3) is 0.364. The third-order valence-corrected chi connectivity index (χ3v) is 2.04. The first kappa shape index (κ1) is 10.7. The van der Waals surface area contributed by atoms with Gasteiger partial charge in [-0.05, 0) is 17.7 Å². The lowest BCUT2D eigenvalue weighted by atomic mass is 10.2. The number of nitrogens with zero attached hydrogens (tertiary/aromatic N) is 1. The summed E-state index contributed by atoms with van der Waals surface area (Å²) in [4.78, 5) is 12.8. The SMILES string of the molecule is CCC(=O)N(C)Cc1cccc(F)c1. The van der Waals surface area contributed by atoms with Gasteiger partial charge in [-0.2, -0.15) is 0 Å². The quantitative estimate of drug-likeness (QED) is 0.724. The molecule has 0 unspecified atom stereocenters. The number of halogens is 1. The number of hydrogen-bond acceptors (Lipinski definition) is 1. The zero-order valence-corrected chi connectivity index (χ0v) is 8.46. The van der Waals surface area contributed by atoms with Crippen molar-refractivity contribution in [2.24, 2.45) is 0 Å². The third kappa shape index (κ3) is 2.83. The maximum absolute atomic E-state index is 12.8. The van der Waals surface area contributed by atoms with Gasteiger partial charge in [0.1, 0.15) is 5.82 Å². The molecule has 3 heteroatoms. The van der Waals surface area contributed by atoms with Crippen LogP contribution in [-0.2, 0) is 11.3 Å². The highest BCUT2D eigenvalue weighted by molar-refractivity contribution is 5.75. The molecular weight excluding hydrogens is 181 g/mol. The Morgan fingerprint density at radius 2 is 2.21 bits per heavy atom. The molecule has 76 valence electrons. The second-order valence-electron chi connectivity index (χ2n) is 3.23. The molecule has 1 amide bonds. The zero-order chi connectivity index (χ0) is 10.6. The third-order valence-electron chi connectivity index (χ3n) is 2.04. The molecule has 0 aromatic heterocycles. The number of carbonyl (C=O) groups is 1. The van der Waals surface area contributed by atoms with Crippen molar-refractivity contribution in [3.63, 3.8) is 0 Å². The Bertz CT molecular complexity index is 325. The van der Waals surface area contributed by atoms with Gasteiger partial charge < -0.3 is 4.90 Å². The summed E-state index contributed by atoms with van der Waals surface area (Å²) in [5.74, 6) is -0.200. The molecule has 14 heavy (non-hydrogen) atoms. The van der Waals surface area contributed by atoms with Crippen molar-refractivity contribution in [3.05, 3.63) is 35.6 Å². The molecule has 0 spiro atoms. The molecule has 0 heterocycles. The number of rotatable bonds is 3. The number of amides is 1. The van der Waals surface area contributed by atoms with Crippen LogP contribution in [-0.4, -0.2) is 17.9 Å². The van der Waals surface area contributed by atoms with E-state index in [1.54, 1.807) is 18.0 Å².